The molecule has 16 heteroatoms. The number of sulfonamides is 2. The standard InChI is InChI=1S/C29H36N4O10S2/c1-19(2)33(45(40,41)25-16-12-23(43-5)13-17-25)27(29(35)31-37)26(28(34)30-36)32(18-21-8-6-20(3)7-9-21)44(38,39)24-14-10-22(42-4)11-15-24/h6-17,19,26-27,36-37H,18H2,1-5H3,(H,30,34)(H,31,35). The Bertz CT molecular complexity index is 1680. The van der Waals surface area contributed by atoms with Crippen LogP contribution >= 0.6 is 0 Å². The molecule has 0 saturated heterocycles. The quantitative estimate of drug-likeness (QED) is 0.147. The van der Waals surface area contributed by atoms with Crippen molar-refractivity contribution in [1.82, 2.24) is 19.6 Å². The third-order valence-corrected chi connectivity index (χ3v) is 10.8. The number of carbonyl (C=O) groups is 2. The van der Waals surface area contributed by atoms with Crippen LogP contribution in [0.5, 0.6) is 11.5 Å². The first kappa shape index (κ1) is 35.4. The zero-order valence-corrected chi connectivity index (χ0v) is 26.9. The maximum atomic E-state index is 14.3. The fourth-order valence-electron chi connectivity index (χ4n) is 4.67. The molecule has 4 N–H and O–H groups in total. The SMILES string of the molecule is COc1ccc(S(=O)(=O)N(Cc2ccc(C)cc2)C(C(=O)NO)C(C(=O)NO)N(C(C)C)S(=O)(=O)c2ccc(OC)cc2)cc1. The maximum Gasteiger partial charge on any atom is 0.264 e. The summed E-state index contributed by atoms with van der Waals surface area (Å²) in [5, 5.41) is 19.7. The summed E-state index contributed by atoms with van der Waals surface area (Å²) in [5.41, 5.74) is 3.96. The van der Waals surface area contributed by atoms with Gasteiger partial charge in [-0.25, -0.2) is 27.8 Å². The lowest BCUT2D eigenvalue weighted by Gasteiger charge is -2.40. The summed E-state index contributed by atoms with van der Waals surface area (Å²) in [7, 11) is -6.67. The number of nitrogens with zero attached hydrogens (tertiary/aromatic N) is 2. The molecule has 3 aromatic carbocycles. The summed E-state index contributed by atoms with van der Waals surface area (Å²) in [4.78, 5) is 26.3. The molecule has 3 rings (SSSR count). The van der Waals surface area contributed by atoms with Crippen LogP contribution in [0.2, 0.25) is 0 Å². The van der Waals surface area contributed by atoms with Gasteiger partial charge < -0.3 is 9.47 Å². The first-order valence-electron chi connectivity index (χ1n) is 13.5. The highest BCUT2D eigenvalue weighted by molar-refractivity contribution is 7.89. The van der Waals surface area contributed by atoms with Crippen LogP contribution in [0.4, 0.5) is 0 Å². The topological polar surface area (TPSA) is 192 Å². The highest BCUT2D eigenvalue weighted by Gasteiger charge is 2.51. The Morgan fingerprint density at radius 1 is 0.711 bits per heavy atom. The fourth-order valence-corrected chi connectivity index (χ4v) is 8.04. The molecular weight excluding hydrogens is 628 g/mol. The van der Waals surface area contributed by atoms with E-state index in [1.54, 1.807) is 24.3 Å². The Morgan fingerprint density at radius 2 is 1.13 bits per heavy atom. The van der Waals surface area contributed by atoms with Gasteiger partial charge >= 0.3 is 0 Å². The van der Waals surface area contributed by atoms with Gasteiger partial charge in [-0.15, -0.1) is 0 Å². The van der Waals surface area contributed by atoms with Crippen LogP contribution in [0.1, 0.15) is 25.0 Å². The second-order valence-corrected chi connectivity index (χ2v) is 13.9. The predicted octanol–water partition coefficient (Wildman–Crippen LogP) is 2.05. The molecule has 0 aliphatic heterocycles. The molecule has 0 aromatic heterocycles. The molecule has 0 radical (unpaired) electrons. The van der Waals surface area contributed by atoms with E-state index in [0.29, 0.717) is 25.7 Å². The van der Waals surface area contributed by atoms with E-state index in [2.05, 4.69) is 0 Å². The number of rotatable bonds is 14. The van der Waals surface area contributed by atoms with Crippen LogP contribution in [0, 0.1) is 6.92 Å². The summed E-state index contributed by atoms with van der Waals surface area (Å²) in [5.74, 6) is -2.21. The normalized spacial score (nSPS) is 13.4. The Labute approximate surface area is 262 Å². The molecule has 3 aromatic rings. The van der Waals surface area contributed by atoms with E-state index in [1.165, 1.54) is 87.6 Å². The summed E-state index contributed by atoms with van der Waals surface area (Å²) < 4.78 is 68.3. The Hall–Kier alpha value is -4.06. The van der Waals surface area contributed by atoms with Crippen LogP contribution < -0.4 is 20.4 Å². The second kappa shape index (κ2) is 14.8. The molecular formula is C29H36N4O10S2. The number of hydrogen-bond acceptors (Lipinski definition) is 10. The lowest BCUT2D eigenvalue weighted by molar-refractivity contribution is -0.144. The third kappa shape index (κ3) is 7.78. The minimum absolute atomic E-state index is 0.320. The minimum Gasteiger partial charge on any atom is -0.497 e. The van der Waals surface area contributed by atoms with Gasteiger partial charge in [-0.3, -0.25) is 20.0 Å². The van der Waals surface area contributed by atoms with Crippen LogP contribution in [-0.2, 0) is 36.2 Å². The van der Waals surface area contributed by atoms with Gasteiger partial charge in [-0.2, -0.15) is 8.61 Å². The van der Waals surface area contributed by atoms with E-state index in [9.17, 15) is 36.8 Å². The van der Waals surface area contributed by atoms with Gasteiger partial charge in [-0.1, -0.05) is 29.8 Å². The highest BCUT2D eigenvalue weighted by atomic mass is 32.2. The number of methoxy groups -OCH3 is 2. The zero-order valence-electron chi connectivity index (χ0n) is 25.2. The van der Waals surface area contributed by atoms with Gasteiger partial charge in [0.2, 0.25) is 20.0 Å². The molecule has 0 spiro atoms. The zero-order chi connectivity index (χ0) is 33.5. The third-order valence-electron chi connectivity index (χ3n) is 6.91. The van der Waals surface area contributed by atoms with Crippen molar-refractivity contribution in [3.8, 4) is 11.5 Å². The Balaban J connectivity index is 2.34. The van der Waals surface area contributed by atoms with Crippen LogP contribution in [-0.4, -0.2) is 80.0 Å². The first-order chi connectivity index (χ1) is 21.2. The molecule has 2 atom stereocenters. The van der Waals surface area contributed by atoms with Crippen molar-refractivity contribution in [3.63, 3.8) is 0 Å². The van der Waals surface area contributed by atoms with Gasteiger partial charge in [-0.05, 0) is 74.9 Å². The summed E-state index contributed by atoms with van der Waals surface area (Å²) in [6, 6.07) is 11.3. The molecule has 0 fully saturated rings. The number of aryl methyl sites for hydroxylation is 1. The summed E-state index contributed by atoms with van der Waals surface area (Å²) in [6.45, 7) is 4.06. The van der Waals surface area contributed by atoms with Crippen LogP contribution in [0.25, 0.3) is 0 Å². The molecule has 0 aliphatic rings. The van der Waals surface area contributed by atoms with Crippen molar-refractivity contribution >= 4 is 31.9 Å². The second-order valence-electron chi connectivity index (χ2n) is 10.2. The average molecular weight is 665 g/mol. The van der Waals surface area contributed by atoms with Crippen LogP contribution in [0.15, 0.2) is 82.6 Å². The molecule has 0 aliphatic carbocycles. The predicted molar refractivity (Wildman–Crippen MR) is 161 cm³/mol. The van der Waals surface area contributed by atoms with Crippen molar-refractivity contribution in [2.75, 3.05) is 14.2 Å². The lowest BCUT2D eigenvalue weighted by atomic mass is 10.0. The molecule has 0 bridgehead atoms. The van der Waals surface area contributed by atoms with Gasteiger partial charge in [0.25, 0.3) is 11.8 Å². The van der Waals surface area contributed by atoms with Crippen molar-refractivity contribution in [2.24, 2.45) is 0 Å². The Morgan fingerprint density at radius 3 is 1.53 bits per heavy atom. The van der Waals surface area contributed by atoms with E-state index in [4.69, 9.17) is 9.47 Å². The van der Waals surface area contributed by atoms with Gasteiger partial charge in [0.1, 0.15) is 23.6 Å². The van der Waals surface area contributed by atoms with E-state index in [1.807, 2.05) is 6.92 Å². The smallest absolute Gasteiger partial charge is 0.264 e. The van der Waals surface area contributed by atoms with E-state index >= 15 is 0 Å². The van der Waals surface area contributed by atoms with E-state index < -0.39 is 56.5 Å². The molecule has 244 valence electrons. The van der Waals surface area contributed by atoms with Crippen molar-refractivity contribution in [2.45, 2.75) is 55.2 Å². The Kier molecular flexibility index (Phi) is 11.7. The number of ether oxygens (including phenoxy) is 2. The first-order valence-corrected chi connectivity index (χ1v) is 16.4. The van der Waals surface area contributed by atoms with E-state index in [0.717, 1.165) is 5.56 Å². The van der Waals surface area contributed by atoms with E-state index in [-0.39, 0.29) is 9.79 Å². The molecule has 0 saturated carbocycles. The summed E-state index contributed by atoms with van der Waals surface area (Å²) >= 11 is 0. The average Bonchev–Trinajstić information content (AvgIpc) is 3.03. The minimum atomic E-state index is -4.75. The van der Waals surface area contributed by atoms with Gasteiger partial charge in [0.15, 0.2) is 0 Å². The molecule has 2 unspecified atom stereocenters. The molecule has 45 heavy (non-hydrogen) atoms. The van der Waals surface area contributed by atoms with Crippen molar-refractivity contribution in [1.29, 1.82) is 0 Å². The largest absolute Gasteiger partial charge is 0.497 e. The number of hydrogen-bond donors (Lipinski definition) is 4. The monoisotopic (exact) mass is 664 g/mol. The number of hydroxylamine groups is 2. The van der Waals surface area contributed by atoms with Crippen LogP contribution in [0.3, 0.4) is 0 Å². The maximum absolute atomic E-state index is 14.3. The fraction of sp³-hybridized carbons (Fsp3) is 0.310. The number of benzene rings is 3. The number of amides is 2. The highest BCUT2D eigenvalue weighted by Crippen LogP contribution is 2.31. The van der Waals surface area contributed by atoms with Gasteiger partial charge in [0, 0.05) is 12.6 Å². The molecule has 2 amide bonds. The lowest BCUT2D eigenvalue weighted by Crippen LogP contribution is -2.66. The number of carbonyl (C=O) groups excluding carboxylic acids is 2. The molecule has 0 heterocycles. The summed E-state index contributed by atoms with van der Waals surface area (Å²) in [6.07, 6.45) is 0. The van der Waals surface area contributed by atoms with Gasteiger partial charge in [0.05, 0.1) is 24.0 Å². The molecule has 14 nitrogen and oxygen atoms in total. The van der Waals surface area contributed by atoms with Crippen molar-refractivity contribution in [3.05, 3.63) is 83.9 Å². The van der Waals surface area contributed by atoms with Crippen molar-refractivity contribution < 1.29 is 46.3 Å². The number of nitrogens with one attached hydrogen (secondary N) is 2.